The molecular formula is C11H14ClNO. The number of carbonyl (C=O) groups is 1. The van der Waals surface area contributed by atoms with Crippen LogP contribution in [0.3, 0.4) is 0 Å². The fourth-order valence-electron chi connectivity index (χ4n) is 1.38. The van der Waals surface area contributed by atoms with Crippen molar-refractivity contribution in [2.24, 2.45) is 5.73 Å². The second kappa shape index (κ2) is 4.58. The molecule has 14 heavy (non-hydrogen) atoms. The molecule has 1 rings (SSSR count). The lowest BCUT2D eigenvalue weighted by atomic mass is 9.95. The first kappa shape index (κ1) is 11.2. The largest absolute Gasteiger partial charge is 0.324 e. The summed E-state index contributed by atoms with van der Waals surface area (Å²) in [7, 11) is 0. The van der Waals surface area contributed by atoms with Gasteiger partial charge < -0.3 is 5.73 Å². The standard InChI is InChI=1S/C11H14ClNO/c1-7(2)9-4-3-8(12)5-10(9)11(14)6-13/h3-5,7H,6,13H2,1-2H3. The highest BCUT2D eigenvalue weighted by Gasteiger charge is 2.12. The van der Waals surface area contributed by atoms with Crippen LogP contribution in [0, 0.1) is 0 Å². The van der Waals surface area contributed by atoms with Crippen LogP contribution in [0.25, 0.3) is 0 Å². The van der Waals surface area contributed by atoms with E-state index >= 15 is 0 Å². The lowest BCUT2D eigenvalue weighted by Gasteiger charge is -2.11. The molecule has 0 spiro atoms. The summed E-state index contributed by atoms with van der Waals surface area (Å²) in [6.45, 7) is 4.10. The summed E-state index contributed by atoms with van der Waals surface area (Å²) in [6, 6.07) is 5.37. The molecule has 0 radical (unpaired) electrons. The highest BCUT2D eigenvalue weighted by atomic mass is 35.5. The van der Waals surface area contributed by atoms with E-state index in [1.165, 1.54) is 0 Å². The van der Waals surface area contributed by atoms with E-state index in [1.54, 1.807) is 12.1 Å². The number of hydrogen-bond acceptors (Lipinski definition) is 2. The fourth-order valence-corrected chi connectivity index (χ4v) is 1.56. The lowest BCUT2D eigenvalue weighted by Crippen LogP contribution is -2.15. The van der Waals surface area contributed by atoms with Crippen molar-refractivity contribution in [3.63, 3.8) is 0 Å². The van der Waals surface area contributed by atoms with Gasteiger partial charge >= 0.3 is 0 Å². The minimum absolute atomic E-state index is 0.0278. The van der Waals surface area contributed by atoms with E-state index < -0.39 is 0 Å². The molecule has 0 saturated carbocycles. The molecule has 0 fully saturated rings. The van der Waals surface area contributed by atoms with E-state index in [4.69, 9.17) is 17.3 Å². The number of rotatable bonds is 3. The molecule has 1 aromatic rings. The molecule has 0 amide bonds. The number of halogens is 1. The number of nitrogens with two attached hydrogens (primary N) is 1. The molecule has 3 heteroatoms. The summed E-state index contributed by atoms with van der Waals surface area (Å²) < 4.78 is 0. The van der Waals surface area contributed by atoms with Crippen LogP contribution in [0.1, 0.15) is 35.7 Å². The first-order valence-electron chi connectivity index (χ1n) is 4.59. The average molecular weight is 212 g/mol. The Labute approximate surface area is 89.1 Å². The summed E-state index contributed by atoms with van der Waals surface area (Å²) in [5, 5.41) is 0.575. The van der Waals surface area contributed by atoms with Gasteiger partial charge in [0.15, 0.2) is 5.78 Å². The van der Waals surface area contributed by atoms with Crippen molar-refractivity contribution in [3.8, 4) is 0 Å². The zero-order valence-electron chi connectivity index (χ0n) is 8.38. The topological polar surface area (TPSA) is 43.1 Å². The van der Waals surface area contributed by atoms with Gasteiger partial charge in [0.25, 0.3) is 0 Å². The van der Waals surface area contributed by atoms with Gasteiger partial charge in [0.05, 0.1) is 6.54 Å². The molecule has 0 saturated heterocycles. The number of hydrogen-bond donors (Lipinski definition) is 1. The summed E-state index contributed by atoms with van der Waals surface area (Å²) in [4.78, 5) is 11.5. The third-order valence-corrected chi connectivity index (χ3v) is 2.36. The third-order valence-electron chi connectivity index (χ3n) is 2.12. The first-order chi connectivity index (χ1) is 6.56. The Morgan fingerprint density at radius 1 is 1.50 bits per heavy atom. The molecular weight excluding hydrogens is 198 g/mol. The Morgan fingerprint density at radius 2 is 2.14 bits per heavy atom. The van der Waals surface area contributed by atoms with E-state index in [0.717, 1.165) is 5.56 Å². The molecule has 0 aliphatic rings. The highest BCUT2D eigenvalue weighted by molar-refractivity contribution is 6.31. The van der Waals surface area contributed by atoms with Crippen LogP contribution in [-0.4, -0.2) is 12.3 Å². The van der Waals surface area contributed by atoms with Gasteiger partial charge in [0.2, 0.25) is 0 Å². The number of carbonyl (C=O) groups excluding carboxylic acids is 1. The van der Waals surface area contributed by atoms with Gasteiger partial charge in [0, 0.05) is 10.6 Å². The van der Waals surface area contributed by atoms with Gasteiger partial charge in [-0.2, -0.15) is 0 Å². The number of ketones is 1. The van der Waals surface area contributed by atoms with Gasteiger partial charge in [-0.25, -0.2) is 0 Å². The molecule has 0 unspecified atom stereocenters. The Bertz CT molecular complexity index is 347. The van der Waals surface area contributed by atoms with E-state index in [9.17, 15) is 4.79 Å². The molecule has 0 aliphatic heterocycles. The zero-order chi connectivity index (χ0) is 10.7. The van der Waals surface area contributed by atoms with Crippen LogP contribution in [0.5, 0.6) is 0 Å². The molecule has 0 aromatic heterocycles. The number of Topliss-reactive ketones (excluding diaryl/α,β-unsaturated/α-hetero) is 1. The lowest BCUT2D eigenvalue weighted by molar-refractivity contribution is 0.1000. The van der Waals surface area contributed by atoms with E-state index in [-0.39, 0.29) is 12.3 Å². The van der Waals surface area contributed by atoms with Crippen LogP contribution < -0.4 is 5.73 Å². The minimum atomic E-state index is -0.0591. The van der Waals surface area contributed by atoms with Crippen LogP contribution >= 0.6 is 11.6 Å². The maximum absolute atomic E-state index is 11.5. The summed E-state index contributed by atoms with van der Waals surface area (Å²) in [5.74, 6) is 0.244. The maximum atomic E-state index is 11.5. The quantitative estimate of drug-likeness (QED) is 0.782. The predicted octanol–water partition coefficient (Wildman–Crippen LogP) is 2.60. The van der Waals surface area contributed by atoms with Crippen LogP contribution in [0.4, 0.5) is 0 Å². The second-order valence-corrected chi connectivity index (χ2v) is 3.95. The van der Waals surface area contributed by atoms with Crippen LogP contribution in [0.2, 0.25) is 5.02 Å². The summed E-state index contributed by atoms with van der Waals surface area (Å²) in [5.41, 5.74) is 6.98. The molecule has 0 heterocycles. The molecule has 1 aromatic carbocycles. The monoisotopic (exact) mass is 211 g/mol. The first-order valence-corrected chi connectivity index (χ1v) is 4.96. The fraction of sp³-hybridized carbons (Fsp3) is 0.364. The number of benzene rings is 1. The van der Waals surface area contributed by atoms with Gasteiger partial charge in [-0.3, -0.25) is 4.79 Å². The SMILES string of the molecule is CC(C)c1ccc(Cl)cc1C(=O)CN. The van der Waals surface area contributed by atoms with Crippen molar-refractivity contribution in [1.82, 2.24) is 0 Å². The minimum Gasteiger partial charge on any atom is -0.324 e. The smallest absolute Gasteiger partial charge is 0.176 e. The second-order valence-electron chi connectivity index (χ2n) is 3.51. The Hall–Kier alpha value is -0.860. The van der Waals surface area contributed by atoms with Crippen molar-refractivity contribution in [1.29, 1.82) is 0 Å². The van der Waals surface area contributed by atoms with E-state index in [0.29, 0.717) is 16.5 Å². The summed E-state index contributed by atoms with van der Waals surface area (Å²) >= 11 is 5.83. The molecule has 0 aliphatic carbocycles. The zero-order valence-corrected chi connectivity index (χ0v) is 9.14. The van der Waals surface area contributed by atoms with Crippen molar-refractivity contribution in [2.45, 2.75) is 19.8 Å². The Kier molecular flexibility index (Phi) is 3.67. The summed E-state index contributed by atoms with van der Waals surface area (Å²) in [6.07, 6.45) is 0. The van der Waals surface area contributed by atoms with Gasteiger partial charge in [-0.15, -0.1) is 0 Å². The van der Waals surface area contributed by atoms with Crippen molar-refractivity contribution < 1.29 is 4.79 Å². The van der Waals surface area contributed by atoms with Gasteiger partial charge in [-0.1, -0.05) is 31.5 Å². The molecule has 0 bridgehead atoms. The van der Waals surface area contributed by atoms with E-state index in [1.807, 2.05) is 19.9 Å². The maximum Gasteiger partial charge on any atom is 0.176 e. The van der Waals surface area contributed by atoms with Crippen LogP contribution in [-0.2, 0) is 0 Å². The predicted molar refractivity (Wildman–Crippen MR) is 58.9 cm³/mol. The van der Waals surface area contributed by atoms with Gasteiger partial charge in [-0.05, 0) is 23.6 Å². The van der Waals surface area contributed by atoms with Gasteiger partial charge in [0.1, 0.15) is 0 Å². The highest BCUT2D eigenvalue weighted by Crippen LogP contribution is 2.23. The molecule has 2 N–H and O–H groups in total. The van der Waals surface area contributed by atoms with Crippen LogP contribution in [0.15, 0.2) is 18.2 Å². The molecule has 0 atom stereocenters. The normalized spacial score (nSPS) is 10.6. The molecule has 2 nitrogen and oxygen atoms in total. The third kappa shape index (κ3) is 2.34. The Balaban J connectivity index is 3.22. The van der Waals surface area contributed by atoms with Crippen molar-refractivity contribution >= 4 is 17.4 Å². The Morgan fingerprint density at radius 3 is 2.64 bits per heavy atom. The average Bonchev–Trinajstić information content (AvgIpc) is 2.16. The van der Waals surface area contributed by atoms with Crippen molar-refractivity contribution in [3.05, 3.63) is 34.3 Å². The van der Waals surface area contributed by atoms with Crippen molar-refractivity contribution in [2.75, 3.05) is 6.54 Å². The van der Waals surface area contributed by atoms with E-state index in [2.05, 4.69) is 0 Å². The molecule has 76 valence electrons.